The molecule has 0 spiro atoms. The van der Waals surface area contributed by atoms with Gasteiger partial charge in [0, 0.05) is 37.4 Å². The number of rotatable bonds is 5. The lowest BCUT2D eigenvalue weighted by atomic mass is 9.89. The quantitative estimate of drug-likeness (QED) is 0.581. The number of halogens is 3. The van der Waals surface area contributed by atoms with E-state index in [9.17, 15) is 22.8 Å². The third kappa shape index (κ3) is 5.67. The second-order valence-corrected chi connectivity index (χ2v) is 10.5. The van der Waals surface area contributed by atoms with Gasteiger partial charge in [-0.2, -0.15) is 5.10 Å². The molecule has 38 heavy (non-hydrogen) atoms. The highest BCUT2D eigenvalue weighted by Crippen LogP contribution is 2.36. The molecule has 2 fully saturated rings. The average molecular weight is 535 g/mol. The molecule has 0 saturated carbocycles. The van der Waals surface area contributed by atoms with Crippen LogP contribution in [0.2, 0.25) is 0 Å². The van der Waals surface area contributed by atoms with E-state index >= 15 is 0 Å². The molecule has 0 N–H and O–H groups in total. The standard InChI is InChI=1S/C27H33F3N4O4/c1-17-14-33(15-18(2)37-17)26(36)25-21-7-5-8-22(21)34(31-25)16-24(35)32-12-10-19(11-13-32)20-6-3-4-9-23(20)38-27(28,29)30/h3-4,6,9,17-19H,5,7-8,10-16H2,1-2H3/t17-,18+. The topological polar surface area (TPSA) is 76.9 Å². The fraction of sp³-hybridized carbons (Fsp3) is 0.593. The molecule has 2 aliphatic heterocycles. The van der Waals surface area contributed by atoms with Crippen molar-refractivity contribution >= 4 is 11.8 Å². The molecule has 3 heterocycles. The van der Waals surface area contributed by atoms with E-state index < -0.39 is 6.36 Å². The first kappa shape index (κ1) is 26.5. The number of nitrogens with zero attached hydrogens (tertiary/aromatic N) is 4. The van der Waals surface area contributed by atoms with E-state index in [0.717, 1.165) is 30.5 Å². The van der Waals surface area contributed by atoms with Crippen molar-refractivity contribution in [1.29, 1.82) is 0 Å². The van der Waals surface area contributed by atoms with Gasteiger partial charge in [0.1, 0.15) is 12.3 Å². The Kier molecular flexibility index (Phi) is 7.39. The van der Waals surface area contributed by atoms with Crippen LogP contribution >= 0.6 is 0 Å². The molecule has 11 heteroatoms. The summed E-state index contributed by atoms with van der Waals surface area (Å²) in [5.74, 6) is -0.530. The molecule has 1 aromatic carbocycles. The zero-order valence-electron chi connectivity index (χ0n) is 21.7. The van der Waals surface area contributed by atoms with Crippen molar-refractivity contribution in [3.8, 4) is 5.75 Å². The van der Waals surface area contributed by atoms with Crippen LogP contribution in [0.25, 0.3) is 0 Å². The summed E-state index contributed by atoms with van der Waals surface area (Å²) in [6, 6.07) is 6.21. The Bertz CT molecular complexity index is 1180. The summed E-state index contributed by atoms with van der Waals surface area (Å²) in [7, 11) is 0. The molecule has 0 bridgehead atoms. The molecule has 1 aromatic heterocycles. The minimum Gasteiger partial charge on any atom is -0.405 e. The Morgan fingerprint density at radius 1 is 1.05 bits per heavy atom. The Hall–Kier alpha value is -3.08. The van der Waals surface area contributed by atoms with Crippen molar-refractivity contribution in [3.63, 3.8) is 0 Å². The molecule has 2 amide bonds. The van der Waals surface area contributed by atoms with Crippen LogP contribution in [0, 0.1) is 0 Å². The molecule has 3 aliphatic rings. The summed E-state index contributed by atoms with van der Waals surface area (Å²) in [4.78, 5) is 30.1. The van der Waals surface area contributed by atoms with Crippen molar-refractivity contribution in [2.24, 2.45) is 0 Å². The number of alkyl halides is 3. The van der Waals surface area contributed by atoms with Crippen LogP contribution in [-0.4, -0.2) is 76.1 Å². The van der Waals surface area contributed by atoms with Crippen LogP contribution in [0.1, 0.15) is 66.3 Å². The van der Waals surface area contributed by atoms with Crippen molar-refractivity contribution in [2.75, 3.05) is 26.2 Å². The van der Waals surface area contributed by atoms with Crippen LogP contribution in [0.15, 0.2) is 24.3 Å². The highest BCUT2D eigenvalue weighted by molar-refractivity contribution is 5.94. The summed E-state index contributed by atoms with van der Waals surface area (Å²) in [5, 5.41) is 4.61. The number of fused-ring (bicyclic) bond motifs is 1. The van der Waals surface area contributed by atoms with Crippen LogP contribution < -0.4 is 4.74 Å². The normalized spacial score (nSPS) is 22.4. The van der Waals surface area contributed by atoms with Gasteiger partial charge in [-0.1, -0.05) is 18.2 Å². The first-order chi connectivity index (χ1) is 18.1. The Labute approximate surface area is 219 Å². The van der Waals surface area contributed by atoms with Crippen molar-refractivity contribution in [1.82, 2.24) is 19.6 Å². The van der Waals surface area contributed by atoms with E-state index in [1.807, 2.05) is 13.8 Å². The predicted molar refractivity (Wildman–Crippen MR) is 132 cm³/mol. The summed E-state index contributed by atoms with van der Waals surface area (Å²) in [6.45, 7) is 5.83. The third-order valence-corrected chi connectivity index (χ3v) is 7.63. The molecule has 206 valence electrons. The smallest absolute Gasteiger partial charge is 0.405 e. The van der Waals surface area contributed by atoms with Gasteiger partial charge < -0.3 is 19.3 Å². The van der Waals surface area contributed by atoms with Gasteiger partial charge in [-0.25, -0.2) is 0 Å². The summed E-state index contributed by atoms with van der Waals surface area (Å²) < 4.78 is 50.2. The van der Waals surface area contributed by atoms with Crippen molar-refractivity contribution in [2.45, 2.75) is 77.0 Å². The third-order valence-electron chi connectivity index (χ3n) is 7.63. The molecule has 2 aromatic rings. The number of ether oxygens (including phenoxy) is 2. The molecule has 0 radical (unpaired) electrons. The van der Waals surface area contributed by atoms with E-state index in [2.05, 4.69) is 9.84 Å². The number of hydrogen-bond acceptors (Lipinski definition) is 5. The van der Waals surface area contributed by atoms with Gasteiger partial charge in [-0.15, -0.1) is 13.2 Å². The highest BCUT2D eigenvalue weighted by Gasteiger charge is 2.35. The molecule has 1 aliphatic carbocycles. The molecule has 2 atom stereocenters. The lowest BCUT2D eigenvalue weighted by Gasteiger charge is -2.35. The van der Waals surface area contributed by atoms with E-state index in [0.29, 0.717) is 50.3 Å². The van der Waals surface area contributed by atoms with Crippen molar-refractivity contribution in [3.05, 3.63) is 46.8 Å². The number of amides is 2. The summed E-state index contributed by atoms with van der Waals surface area (Å²) in [6.07, 6.45) is -1.31. The number of carbonyl (C=O) groups excluding carboxylic acids is 2. The van der Waals surface area contributed by atoms with Crippen LogP contribution in [0.3, 0.4) is 0 Å². The van der Waals surface area contributed by atoms with E-state index in [1.54, 1.807) is 26.6 Å². The fourth-order valence-corrected chi connectivity index (χ4v) is 6.01. The van der Waals surface area contributed by atoms with Gasteiger partial charge in [0.05, 0.1) is 12.2 Å². The summed E-state index contributed by atoms with van der Waals surface area (Å²) in [5.41, 5.74) is 2.84. The van der Waals surface area contributed by atoms with E-state index in [-0.39, 0.29) is 42.2 Å². The zero-order valence-corrected chi connectivity index (χ0v) is 21.7. The number of morpholine rings is 1. The zero-order chi connectivity index (χ0) is 27.0. The summed E-state index contributed by atoms with van der Waals surface area (Å²) >= 11 is 0. The molecular formula is C27H33F3N4O4. The van der Waals surface area contributed by atoms with Gasteiger partial charge >= 0.3 is 6.36 Å². The number of para-hydroxylation sites is 1. The van der Waals surface area contributed by atoms with Crippen LogP contribution in [0.4, 0.5) is 13.2 Å². The maximum Gasteiger partial charge on any atom is 0.573 e. The Morgan fingerprint density at radius 2 is 1.74 bits per heavy atom. The van der Waals surface area contributed by atoms with E-state index in [1.165, 1.54) is 12.1 Å². The Morgan fingerprint density at radius 3 is 2.42 bits per heavy atom. The second kappa shape index (κ2) is 10.6. The highest BCUT2D eigenvalue weighted by atomic mass is 19.4. The number of piperidine rings is 1. The van der Waals surface area contributed by atoms with Gasteiger partial charge in [-0.05, 0) is 63.5 Å². The maximum absolute atomic E-state index is 13.4. The second-order valence-electron chi connectivity index (χ2n) is 10.5. The van der Waals surface area contributed by atoms with Gasteiger partial charge in [-0.3, -0.25) is 14.3 Å². The van der Waals surface area contributed by atoms with Gasteiger partial charge in [0.15, 0.2) is 5.69 Å². The maximum atomic E-state index is 13.4. The lowest BCUT2D eigenvalue weighted by molar-refractivity contribution is -0.275. The minimum atomic E-state index is -4.75. The fourth-order valence-electron chi connectivity index (χ4n) is 6.01. The number of aromatic nitrogens is 2. The number of likely N-dealkylation sites (tertiary alicyclic amines) is 1. The van der Waals surface area contributed by atoms with Crippen LogP contribution in [0.5, 0.6) is 5.75 Å². The lowest BCUT2D eigenvalue weighted by Crippen LogP contribution is -2.48. The SMILES string of the molecule is C[C@@H]1CN(C(=O)c2nn(CC(=O)N3CCC(c4ccccc4OC(F)(F)F)CC3)c3c2CCC3)C[C@H](C)O1. The monoisotopic (exact) mass is 534 g/mol. The first-order valence-electron chi connectivity index (χ1n) is 13.2. The molecule has 8 nitrogen and oxygen atoms in total. The van der Waals surface area contributed by atoms with Gasteiger partial charge in [0.25, 0.3) is 5.91 Å². The van der Waals surface area contributed by atoms with E-state index in [4.69, 9.17) is 4.74 Å². The van der Waals surface area contributed by atoms with Crippen molar-refractivity contribution < 1.29 is 32.2 Å². The molecular weight excluding hydrogens is 501 g/mol. The molecule has 2 saturated heterocycles. The van der Waals surface area contributed by atoms with Crippen LogP contribution in [-0.2, 0) is 28.9 Å². The van der Waals surface area contributed by atoms with Gasteiger partial charge in [0.2, 0.25) is 5.91 Å². The molecule has 0 unspecified atom stereocenters. The average Bonchev–Trinajstić information content (AvgIpc) is 3.46. The number of carbonyl (C=O) groups is 2. The predicted octanol–water partition coefficient (Wildman–Crippen LogP) is 3.93. The molecule has 5 rings (SSSR count). The number of benzene rings is 1. The first-order valence-corrected chi connectivity index (χ1v) is 13.2. The minimum absolute atomic E-state index is 0.0456. The Balaban J connectivity index is 1.24. The number of hydrogen-bond donors (Lipinski definition) is 0. The largest absolute Gasteiger partial charge is 0.573 e.